The number of nitrogens with zero attached hydrogens (tertiary/aromatic N) is 1. The fourth-order valence-corrected chi connectivity index (χ4v) is 3.05. The molecule has 0 amide bonds. The summed E-state index contributed by atoms with van der Waals surface area (Å²) in [5.74, 6) is 1.72. The summed E-state index contributed by atoms with van der Waals surface area (Å²) in [5, 5.41) is 10.2. The maximum absolute atomic E-state index is 10.2. The summed E-state index contributed by atoms with van der Waals surface area (Å²) in [6.45, 7) is 3.07. The molecule has 1 aliphatic rings. The number of aryl methyl sites for hydroxylation is 2. The monoisotopic (exact) mass is 357 g/mol. The van der Waals surface area contributed by atoms with Crippen LogP contribution in [0, 0.1) is 0 Å². The first-order valence-electron chi connectivity index (χ1n) is 9.06. The number of aliphatic hydroxyl groups excluding tert-OH is 1. The predicted molar refractivity (Wildman–Crippen MR) is 101 cm³/mol. The van der Waals surface area contributed by atoms with Gasteiger partial charge in [0.25, 0.3) is 0 Å². The average Bonchev–Trinajstić information content (AvgIpc) is 3.18. The minimum Gasteiger partial charge on any atom is -0.497 e. The van der Waals surface area contributed by atoms with Gasteiger partial charge in [-0.05, 0) is 42.2 Å². The van der Waals surface area contributed by atoms with Gasteiger partial charge in [0.15, 0.2) is 0 Å². The fraction of sp³-hybridized carbons (Fsp3) is 0.429. The van der Waals surface area contributed by atoms with E-state index in [1.807, 2.05) is 30.3 Å². The van der Waals surface area contributed by atoms with Crippen LogP contribution in [0.4, 0.5) is 0 Å². The molecule has 5 heteroatoms. The number of hydrogen-bond donors (Lipinski definition) is 1. The summed E-state index contributed by atoms with van der Waals surface area (Å²) < 4.78 is 16.4. The lowest BCUT2D eigenvalue weighted by Crippen LogP contribution is -2.34. The molecular weight excluding hydrogens is 330 g/mol. The SMILES string of the molecule is COc1ccc(CCc2ccccc2OC[C@H](O)CN2CCOC2)cc1. The Morgan fingerprint density at radius 3 is 2.65 bits per heavy atom. The molecule has 0 saturated carbocycles. The molecule has 3 rings (SSSR count). The zero-order valence-electron chi connectivity index (χ0n) is 15.3. The highest BCUT2D eigenvalue weighted by atomic mass is 16.5. The van der Waals surface area contributed by atoms with Crippen molar-refractivity contribution < 1.29 is 19.3 Å². The lowest BCUT2D eigenvalue weighted by Gasteiger charge is -2.19. The Labute approximate surface area is 155 Å². The number of methoxy groups -OCH3 is 1. The molecule has 1 aliphatic heterocycles. The van der Waals surface area contributed by atoms with E-state index in [0.717, 1.165) is 43.1 Å². The van der Waals surface area contributed by atoms with Gasteiger partial charge in [-0.3, -0.25) is 4.90 Å². The van der Waals surface area contributed by atoms with E-state index in [4.69, 9.17) is 14.2 Å². The van der Waals surface area contributed by atoms with Crippen LogP contribution in [0.5, 0.6) is 11.5 Å². The van der Waals surface area contributed by atoms with Crippen LogP contribution in [-0.2, 0) is 17.6 Å². The summed E-state index contributed by atoms with van der Waals surface area (Å²) in [4.78, 5) is 2.09. The van der Waals surface area contributed by atoms with E-state index in [-0.39, 0.29) is 6.61 Å². The quantitative estimate of drug-likeness (QED) is 0.747. The van der Waals surface area contributed by atoms with Crippen LogP contribution in [0.3, 0.4) is 0 Å². The second kappa shape index (κ2) is 9.57. The number of para-hydroxylation sites is 1. The Hall–Kier alpha value is -2.08. The van der Waals surface area contributed by atoms with Crippen LogP contribution in [0.15, 0.2) is 48.5 Å². The second-order valence-corrected chi connectivity index (χ2v) is 6.53. The van der Waals surface area contributed by atoms with Crippen molar-refractivity contribution in [3.05, 3.63) is 59.7 Å². The fourth-order valence-electron chi connectivity index (χ4n) is 3.05. The first-order valence-corrected chi connectivity index (χ1v) is 9.06. The van der Waals surface area contributed by atoms with Gasteiger partial charge in [0, 0.05) is 13.1 Å². The van der Waals surface area contributed by atoms with Crippen molar-refractivity contribution >= 4 is 0 Å². The van der Waals surface area contributed by atoms with Crippen molar-refractivity contribution in [3.8, 4) is 11.5 Å². The Bertz CT molecular complexity index is 668. The zero-order chi connectivity index (χ0) is 18.2. The molecule has 0 aliphatic carbocycles. The lowest BCUT2D eigenvalue weighted by molar-refractivity contribution is 0.0565. The molecule has 1 fully saturated rings. The topological polar surface area (TPSA) is 51.2 Å². The van der Waals surface area contributed by atoms with Gasteiger partial charge in [0.05, 0.1) is 20.4 Å². The molecular formula is C21H27NO4. The molecule has 1 atom stereocenters. The van der Waals surface area contributed by atoms with E-state index in [1.54, 1.807) is 7.11 Å². The van der Waals surface area contributed by atoms with Gasteiger partial charge < -0.3 is 19.3 Å². The largest absolute Gasteiger partial charge is 0.497 e. The Morgan fingerprint density at radius 1 is 1.12 bits per heavy atom. The number of β-amino-alcohol motifs (C(OH)–C–C–N with tert-alkyl or cyclic N) is 1. The van der Waals surface area contributed by atoms with Crippen LogP contribution in [0.25, 0.3) is 0 Å². The maximum atomic E-state index is 10.2. The highest BCUT2D eigenvalue weighted by Gasteiger charge is 2.17. The first kappa shape index (κ1) is 18.7. The smallest absolute Gasteiger partial charge is 0.122 e. The van der Waals surface area contributed by atoms with Crippen LogP contribution in [0.2, 0.25) is 0 Å². The molecule has 0 radical (unpaired) electrons. The Morgan fingerprint density at radius 2 is 1.92 bits per heavy atom. The third-order valence-electron chi connectivity index (χ3n) is 4.54. The summed E-state index contributed by atoms with van der Waals surface area (Å²) >= 11 is 0. The molecule has 2 aromatic carbocycles. The molecule has 0 unspecified atom stereocenters. The van der Waals surface area contributed by atoms with Crippen molar-refractivity contribution in [2.45, 2.75) is 18.9 Å². The molecule has 140 valence electrons. The molecule has 5 nitrogen and oxygen atoms in total. The van der Waals surface area contributed by atoms with E-state index >= 15 is 0 Å². The third-order valence-corrected chi connectivity index (χ3v) is 4.54. The van der Waals surface area contributed by atoms with Gasteiger partial charge in [-0.1, -0.05) is 30.3 Å². The molecule has 2 aromatic rings. The summed E-state index contributed by atoms with van der Waals surface area (Å²) in [7, 11) is 1.67. The van der Waals surface area contributed by atoms with Crippen molar-refractivity contribution in [3.63, 3.8) is 0 Å². The van der Waals surface area contributed by atoms with Crippen LogP contribution in [0.1, 0.15) is 11.1 Å². The molecule has 26 heavy (non-hydrogen) atoms. The molecule has 0 bridgehead atoms. The van der Waals surface area contributed by atoms with Gasteiger partial charge in [-0.15, -0.1) is 0 Å². The van der Waals surface area contributed by atoms with Gasteiger partial charge in [-0.25, -0.2) is 0 Å². The van der Waals surface area contributed by atoms with E-state index in [0.29, 0.717) is 13.3 Å². The summed E-state index contributed by atoms with van der Waals surface area (Å²) in [6, 6.07) is 16.2. The number of hydrogen-bond acceptors (Lipinski definition) is 5. The normalized spacial score (nSPS) is 15.8. The van der Waals surface area contributed by atoms with Crippen LogP contribution >= 0.6 is 0 Å². The van der Waals surface area contributed by atoms with Gasteiger partial charge in [0.2, 0.25) is 0 Å². The van der Waals surface area contributed by atoms with E-state index in [2.05, 4.69) is 23.1 Å². The molecule has 1 N–H and O–H groups in total. The lowest BCUT2D eigenvalue weighted by atomic mass is 10.0. The van der Waals surface area contributed by atoms with E-state index in [9.17, 15) is 5.11 Å². The Kier molecular flexibility index (Phi) is 6.89. The number of benzene rings is 2. The number of rotatable bonds is 9. The molecule has 1 saturated heterocycles. The minimum atomic E-state index is -0.522. The average molecular weight is 357 g/mol. The van der Waals surface area contributed by atoms with Crippen molar-refractivity contribution in [2.24, 2.45) is 0 Å². The second-order valence-electron chi connectivity index (χ2n) is 6.53. The number of aliphatic hydroxyl groups is 1. The van der Waals surface area contributed by atoms with Crippen molar-refractivity contribution in [1.29, 1.82) is 0 Å². The Balaban J connectivity index is 1.51. The highest BCUT2D eigenvalue weighted by molar-refractivity contribution is 5.35. The van der Waals surface area contributed by atoms with Crippen LogP contribution < -0.4 is 9.47 Å². The van der Waals surface area contributed by atoms with E-state index < -0.39 is 6.10 Å². The van der Waals surface area contributed by atoms with Crippen LogP contribution in [-0.4, -0.2) is 56.3 Å². The number of ether oxygens (including phenoxy) is 3. The minimum absolute atomic E-state index is 0.288. The van der Waals surface area contributed by atoms with Gasteiger partial charge >= 0.3 is 0 Å². The van der Waals surface area contributed by atoms with E-state index in [1.165, 1.54) is 5.56 Å². The predicted octanol–water partition coefficient (Wildman–Crippen LogP) is 2.51. The standard InChI is InChI=1S/C21H27NO4/c1-24-20-10-7-17(8-11-20)6-9-18-4-2-3-5-21(18)26-15-19(23)14-22-12-13-25-16-22/h2-5,7-8,10-11,19,23H,6,9,12-16H2,1H3/t19-/m1/s1. The maximum Gasteiger partial charge on any atom is 0.122 e. The van der Waals surface area contributed by atoms with Crippen molar-refractivity contribution in [1.82, 2.24) is 4.90 Å². The first-order chi connectivity index (χ1) is 12.7. The van der Waals surface area contributed by atoms with Gasteiger partial charge in [-0.2, -0.15) is 0 Å². The third kappa shape index (κ3) is 5.46. The summed E-state index contributed by atoms with van der Waals surface area (Å²) in [5.41, 5.74) is 2.41. The molecule has 1 heterocycles. The van der Waals surface area contributed by atoms with Crippen molar-refractivity contribution in [2.75, 3.05) is 40.1 Å². The highest BCUT2D eigenvalue weighted by Crippen LogP contribution is 2.21. The zero-order valence-corrected chi connectivity index (χ0v) is 15.3. The summed E-state index contributed by atoms with van der Waals surface area (Å²) in [6.07, 6.45) is 1.29. The molecule has 0 aromatic heterocycles. The van der Waals surface area contributed by atoms with Gasteiger partial charge in [0.1, 0.15) is 24.2 Å². The molecule has 0 spiro atoms.